The van der Waals surface area contributed by atoms with Gasteiger partial charge in [0.15, 0.2) is 6.07 Å². The molecule has 0 aromatic carbocycles. The van der Waals surface area contributed by atoms with Gasteiger partial charge in [-0.3, -0.25) is 0 Å². The van der Waals surface area contributed by atoms with Crippen molar-refractivity contribution in [2.75, 3.05) is 0 Å². The van der Waals surface area contributed by atoms with Crippen LogP contribution in [-0.2, 0) is 0 Å². The van der Waals surface area contributed by atoms with Crippen molar-refractivity contribution >= 4 is 0 Å². The van der Waals surface area contributed by atoms with Gasteiger partial charge in [0.05, 0.1) is 0 Å². The van der Waals surface area contributed by atoms with Gasteiger partial charge in [0.25, 0.3) is 0 Å². The van der Waals surface area contributed by atoms with E-state index in [2.05, 4.69) is 456 Å². The third-order valence-corrected chi connectivity index (χ3v) is 4.82. The molecule has 0 aromatic rings. The van der Waals surface area contributed by atoms with Gasteiger partial charge in [0.2, 0.25) is 0 Å². The molecule has 0 saturated carbocycles. The average molecular weight is 964 g/mol. The molecule has 0 radical (unpaired) electrons. The topological polar surface area (TPSA) is 23.8 Å². The molecule has 0 heterocycles. The molecule has 0 N–H and O–H groups in total. The number of hydrogen-bond donors (Lipinski definition) is 0. The number of terminal acetylenes is 1. The van der Waals surface area contributed by atoms with Crippen molar-refractivity contribution in [3.63, 3.8) is 0 Å². The minimum atomic E-state index is 1.62. The Bertz CT molecular complexity index is 5090. The number of rotatable bonds is 0. The van der Waals surface area contributed by atoms with Gasteiger partial charge in [-0.2, -0.15) is 5.26 Å². The van der Waals surface area contributed by atoms with Gasteiger partial charge in [-0.05, 0) is 47.4 Å². The molecule has 0 saturated heterocycles. The lowest BCUT2D eigenvalue weighted by atomic mass is 10.4. The molecule has 322 valence electrons. The minimum absolute atomic E-state index is 1.62. The maximum atomic E-state index is 8.21. The summed E-state index contributed by atoms with van der Waals surface area (Å²) in [5.74, 6) is 190. The third-order valence-electron chi connectivity index (χ3n) is 4.82. The van der Waals surface area contributed by atoms with Crippen molar-refractivity contribution in [1.29, 1.82) is 5.26 Å². The molecular weight excluding hydrogens is 963 g/mol. The zero-order chi connectivity index (χ0) is 57.2. The van der Waals surface area contributed by atoms with Crippen LogP contribution in [0.4, 0.5) is 0 Å². The summed E-state index contributed by atoms with van der Waals surface area (Å²) in [7, 11) is 0. The van der Waals surface area contributed by atoms with Crippen LogP contribution in [-0.4, -0.2) is 0 Å². The fourth-order valence-corrected chi connectivity index (χ4v) is 2.38. The van der Waals surface area contributed by atoms with Crippen LogP contribution in [0, 0.1) is 474 Å². The molecule has 0 unspecified atom stereocenters. The molecule has 1 heteroatoms. The Kier molecular flexibility index (Phi) is 47.8. The molecule has 0 rings (SSSR count). The van der Waals surface area contributed by atoms with E-state index in [9.17, 15) is 0 Å². The SMILES string of the molecule is C#CC#CC#CC#CC#CC#CC#CC#CC#CC#CC#CC#CC#CC#CC#CC#CC#CC#CC#CC#CC#CC#CC#CC#CC#CC#CC#CC#CC#CC#CC#CC#CC#CC#CC#CC#CC#CC#CC#CC#N. The predicted octanol–water partition coefficient (Wildman–Crippen LogP) is 0.272. The summed E-state index contributed by atoms with van der Waals surface area (Å²) in [5.41, 5.74) is 0. The van der Waals surface area contributed by atoms with Crippen molar-refractivity contribution in [3.05, 3.63) is 0 Å². The summed E-state index contributed by atoms with van der Waals surface area (Å²) in [4.78, 5) is 0. The highest BCUT2D eigenvalue weighted by Crippen LogP contribution is 1.65. The van der Waals surface area contributed by atoms with Crippen molar-refractivity contribution in [3.8, 4) is 468 Å². The average Bonchev–Trinajstić information content (AvgIpc) is 3.47. The highest BCUT2D eigenvalue weighted by molar-refractivity contribution is 5.54. The molecule has 0 fully saturated rings. The highest BCUT2D eigenvalue weighted by Gasteiger charge is 1.65. The van der Waals surface area contributed by atoms with Crippen molar-refractivity contribution in [1.82, 2.24) is 0 Å². The van der Waals surface area contributed by atoms with Crippen LogP contribution in [0.1, 0.15) is 0 Å². The first-order valence-electron chi connectivity index (χ1n) is 19.8. The maximum absolute atomic E-state index is 8.21. The van der Waals surface area contributed by atoms with E-state index in [0.717, 1.165) is 0 Å². The van der Waals surface area contributed by atoms with Crippen LogP contribution in [0.15, 0.2) is 0 Å². The van der Waals surface area contributed by atoms with E-state index in [1.54, 1.807) is 6.07 Å². The highest BCUT2D eigenvalue weighted by atomic mass is 14.2. The van der Waals surface area contributed by atoms with Crippen molar-refractivity contribution in [2.45, 2.75) is 0 Å². The predicted molar refractivity (Wildman–Crippen MR) is 310 cm³/mol. The normalized spacial score (nSPS) is 3.92. The monoisotopic (exact) mass is 963 g/mol. The Morgan fingerprint density at radius 2 is 0.163 bits per heavy atom. The van der Waals surface area contributed by atoms with Crippen LogP contribution >= 0.6 is 0 Å². The second-order valence-electron chi connectivity index (χ2n) is 9.76. The lowest BCUT2D eigenvalue weighted by molar-refractivity contribution is 1.55. The van der Waals surface area contributed by atoms with E-state index in [4.69, 9.17) is 11.7 Å². The van der Waals surface area contributed by atoms with E-state index >= 15 is 0 Å². The quantitative estimate of drug-likeness (QED) is 0.321. The van der Waals surface area contributed by atoms with Crippen molar-refractivity contribution in [2.24, 2.45) is 0 Å². The maximum Gasteiger partial charge on any atom is 0.153 e. The largest absolute Gasteiger partial charge is 0.183 e. The van der Waals surface area contributed by atoms with Gasteiger partial charge in [-0.25, -0.2) is 0 Å². The zero-order valence-electron chi connectivity index (χ0n) is 40.0. The van der Waals surface area contributed by atoms with Crippen molar-refractivity contribution < 1.29 is 0 Å². The molecule has 0 bridgehead atoms. The molecule has 0 aliphatic carbocycles. The van der Waals surface area contributed by atoms with Gasteiger partial charge in [0, 0.05) is 409 Å². The van der Waals surface area contributed by atoms with Crippen LogP contribution in [0.2, 0.25) is 0 Å². The smallest absolute Gasteiger partial charge is 0.153 e. The van der Waals surface area contributed by atoms with E-state index in [1.165, 1.54) is 0 Å². The zero-order valence-corrected chi connectivity index (χ0v) is 40.0. The van der Waals surface area contributed by atoms with Gasteiger partial charge in [-0.1, -0.05) is 0 Å². The van der Waals surface area contributed by atoms with E-state index in [1.807, 2.05) is 0 Å². The standard InChI is InChI=1S/C79HN/c1-2-3-4-5-6-7-8-9-10-11-12-13-14-15-16-17-18-19-20-21-22-23-24-25-26-27-28-29-30-31-32-33-34-35-36-37-38-39-40-41-42-43-44-45-46-47-48-49-50-51-52-53-54-55-56-57-58-59-60-61-62-63-64-65-66-67-68-69-70-71-72-73-74-75-76-77-78-79-80/h1H. The Morgan fingerprint density at radius 3 is 0.225 bits per heavy atom. The van der Waals surface area contributed by atoms with Gasteiger partial charge in [0.1, 0.15) is 0 Å². The lowest BCUT2D eigenvalue weighted by Crippen LogP contribution is -1.57. The molecule has 0 aliphatic heterocycles. The lowest BCUT2D eigenvalue weighted by Gasteiger charge is -1.58. The summed E-state index contributed by atoms with van der Waals surface area (Å²) in [6, 6.07) is 1.62. The molecular formula is C79HN. The fourth-order valence-electron chi connectivity index (χ4n) is 2.38. The molecule has 0 aromatic heterocycles. The summed E-state index contributed by atoms with van der Waals surface area (Å²) in [6.07, 6.45) is 4.95. The van der Waals surface area contributed by atoms with Crippen LogP contribution in [0.25, 0.3) is 0 Å². The van der Waals surface area contributed by atoms with E-state index in [-0.39, 0.29) is 0 Å². The molecule has 0 aliphatic rings. The van der Waals surface area contributed by atoms with E-state index < -0.39 is 0 Å². The first-order valence-corrected chi connectivity index (χ1v) is 19.8. The van der Waals surface area contributed by atoms with Crippen LogP contribution in [0.5, 0.6) is 0 Å². The Morgan fingerprint density at radius 1 is 0.100 bits per heavy atom. The van der Waals surface area contributed by atoms with Crippen LogP contribution < -0.4 is 0 Å². The summed E-state index contributed by atoms with van der Waals surface area (Å²) in [6.45, 7) is 0. The van der Waals surface area contributed by atoms with Crippen LogP contribution in [0.3, 0.4) is 0 Å². The second kappa shape index (κ2) is 61.3. The fraction of sp³-hybridized carbons (Fsp3) is 0. The first kappa shape index (κ1) is 62.3. The van der Waals surface area contributed by atoms with E-state index in [0.29, 0.717) is 0 Å². The number of nitrogens with zero attached hydrogens (tertiary/aromatic N) is 1. The van der Waals surface area contributed by atoms with Gasteiger partial charge < -0.3 is 0 Å². The summed E-state index contributed by atoms with van der Waals surface area (Å²) in [5, 5.41) is 8.21. The van der Waals surface area contributed by atoms with Gasteiger partial charge in [-0.15, -0.1) is 6.42 Å². The summed E-state index contributed by atoms with van der Waals surface area (Å²) >= 11 is 0. The Balaban J connectivity index is 4.62. The molecule has 0 amide bonds. The third kappa shape index (κ3) is 60.3. The molecule has 0 spiro atoms. The minimum Gasteiger partial charge on any atom is -0.183 e. The Hall–Kier alpha value is -17.7. The summed E-state index contributed by atoms with van der Waals surface area (Å²) < 4.78 is 0. The second-order valence-corrected chi connectivity index (χ2v) is 9.76. The first-order chi connectivity index (χ1) is 39.9. The molecule has 1 nitrogen and oxygen atoms in total. The van der Waals surface area contributed by atoms with Gasteiger partial charge >= 0.3 is 0 Å². The Labute approximate surface area is 471 Å². The molecule has 0 atom stereocenters. The molecule has 80 heavy (non-hydrogen) atoms. The number of nitriles is 1. The number of hydrogen-bond acceptors (Lipinski definition) is 1.